The van der Waals surface area contributed by atoms with Gasteiger partial charge in [-0.2, -0.15) is 5.26 Å². The first-order chi connectivity index (χ1) is 15.1. The molecule has 2 fully saturated rings. The summed E-state index contributed by atoms with van der Waals surface area (Å²) in [5.41, 5.74) is 2.55. The Morgan fingerprint density at radius 3 is 2.61 bits per heavy atom. The monoisotopic (exact) mass is 415 g/mol. The molecule has 2 aromatic carbocycles. The second-order valence-electron chi connectivity index (χ2n) is 8.40. The molecule has 1 aliphatic heterocycles. The predicted octanol–water partition coefficient (Wildman–Crippen LogP) is 3.88. The van der Waals surface area contributed by atoms with Gasteiger partial charge in [0.1, 0.15) is 12.1 Å². The van der Waals surface area contributed by atoms with Crippen molar-refractivity contribution < 1.29 is 9.18 Å². The molecule has 7 heteroatoms. The van der Waals surface area contributed by atoms with Crippen LogP contribution in [-0.2, 0) is 11.3 Å². The molecule has 1 saturated carbocycles. The minimum atomic E-state index is -0.368. The third kappa shape index (κ3) is 3.93. The quantitative estimate of drug-likeness (QED) is 0.634. The number of likely N-dealkylation sites (tertiary alicyclic amines) is 1. The summed E-state index contributed by atoms with van der Waals surface area (Å²) in [5.74, 6) is 0.978. The summed E-state index contributed by atoms with van der Waals surface area (Å²) in [7, 11) is 0. The van der Waals surface area contributed by atoms with Crippen LogP contribution in [0.2, 0.25) is 0 Å². The van der Waals surface area contributed by atoms with Crippen LogP contribution in [0.4, 0.5) is 4.39 Å². The van der Waals surface area contributed by atoms with Crippen LogP contribution < -0.4 is 0 Å². The second-order valence-corrected chi connectivity index (χ2v) is 8.40. The molecule has 1 saturated heterocycles. The van der Waals surface area contributed by atoms with Crippen LogP contribution in [0.3, 0.4) is 0 Å². The third-order valence-electron chi connectivity index (χ3n) is 6.15. The highest BCUT2D eigenvalue weighted by molar-refractivity contribution is 5.81. The smallest absolute Gasteiger partial charge is 0.225 e. The van der Waals surface area contributed by atoms with Crippen molar-refractivity contribution in [1.82, 2.24) is 19.7 Å². The van der Waals surface area contributed by atoms with Crippen LogP contribution in [0, 0.1) is 29.0 Å². The Morgan fingerprint density at radius 1 is 1.13 bits per heavy atom. The van der Waals surface area contributed by atoms with Gasteiger partial charge in [-0.25, -0.2) is 4.39 Å². The number of hydrogen-bond donors (Lipinski definition) is 0. The lowest BCUT2D eigenvalue weighted by molar-refractivity contribution is -0.131. The fourth-order valence-electron chi connectivity index (χ4n) is 4.26. The van der Waals surface area contributed by atoms with Crippen LogP contribution in [0.1, 0.15) is 24.8 Å². The number of amides is 1. The summed E-state index contributed by atoms with van der Waals surface area (Å²) in [6.07, 6.45) is 4.62. The molecule has 1 atom stereocenters. The van der Waals surface area contributed by atoms with Crippen molar-refractivity contribution in [2.24, 2.45) is 11.8 Å². The summed E-state index contributed by atoms with van der Waals surface area (Å²) in [6.45, 7) is 2.20. The summed E-state index contributed by atoms with van der Waals surface area (Å²) in [5, 5.41) is 17.1. The Balaban J connectivity index is 1.33. The summed E-state index contributed by atoms with van der Waals surface area (Å²) in [4.78, 5) is 14.3. The summed E-state index contributed by atoms with van der Waals surface area (Å²) < 4.78 is 16.9. The standard InChI is InChI=1S/C24H22FN5O/c25-22-11-20(18-3-1-16(12-26)2-4-18)7-8-21(22)23-28-27-15-30(23)14-17-9-10-29(13-17)24(31)19-5-6-19/h1-4,7-8,11,15,17,19H,5-6,9-10,13-14H2/t17-/m1/s1. The zero-order chi connectivity index (χ0) is 21.4. The van der Waals surface area contributed by atoms with Gasteiger partial charge in [-0.1, -0.05) is 18.2 Å². The predicted molar refractivity (Wildman–Crippen MR) is 113 cm³/mol. The maximum absolute atomic E-state index is 15.0. The van der Waals surface area contributed by atoms with E-state index >= 15 is 4.39 Å². The van der Waals surface area contributed by atoms with E-state index in [0.717, 1.165) is 43.5 Å². The molecule has 1 amide bonds. The van der Waals surface area contributed by atoms with E-state index in [4.69, 9.17) is 5.26 Å². The molecule has 0 bridgehead atoms. The fourth-order valence-corrected chi connectivity index (χ4v) is 4.26. The summed E-state index contributed by atoms with van der Waals surface area (Å²) in [6, 6.07) is 14.2. The van der Waals surface area contributed by atoms with Gasteiger partial charge in [0, 0.05) is 25.6 Å². The van der Waals surface area contributed by atoms with Crippen molar-refractivity contribution in [3.05, 3.63) is 60.2 Å². The Labute approximate surface area is 179 Å². The van der Waals surface area contributed by atoms with E-state index in [0.29, 0.717) is 29.4 Å². The van der Waals surface area contributed by atoms with Crippen molar-refractivity contribution in [2.45, 2.75) is 25.8 Å². The Bertz CT molecular complexity index is 1160. The number of nitrogens with zero attached hydrogens (tertiary/aromatic N) is 5. The van der Waals surface area contributed by atoms with Crippen molar-refractivity contribution in [2.75, 3.05) is 13.1 Å². The van der Waals surface area contributed by atoms with Gasteiger partial charge < -0.3 is 9.47 Å². The topological polar surface area (TPSA) is 74.8 Å². The van der Waals surface area contributed by atoms with Gasteiger partial charge in [-0.05, 0) is 60.6 Å². The van der Waals surface area contributed by atoms with Gasteiger partial charge >= 0.3 is 0 Å². The maximum atomic E-state index is 15.0. The van der Waals surface area contributed by atoms with Gasteiger partial charge in [-0.3, -0.25) is 4.79 Å². The Kier molecular flexibility index (Phi) is 4.99. The van der Waals surface area contributed by atoms with Crippen LogP contribution >= 0.6 is 0 Å². The molecule has 2 heterocycles. The highest BCUT2D eigenvalue weighted by Gasteiger charge is 2.36. The van der Waals surface area contributed by atoms with E-state index in [1.54, 1.807) is 24.5 Å². The number of nitriles is 1. The zero-order valence-electron chi connectivity index (χ0n) is 17.0. The van der Waals surface area contributed by atoms with Gasteiger partial charge in [0.05, 0.1) is 17.2 Å². The molecule has 1 aromatic heterocycles. The number of carbonyl (C=O) groups is 1. The molecule has 0 unspecified atom stereocenters. The SMILES string of the molecule is N#Cc1ccc(-c2ccc(-c3nncn3C[C@@H]3CCN(C(=O)C4CC4)C3)c(F)c2)cc1. The zero-order valence-corrected chi connectivity index (χ0v) is 17.0. The molecular formula is C24H22FN5O. The van der Waals surface area contributed by atoms with Crippen LogP contribution in [-0.4, -0.2) is 38.7 Å². The highest BCUT2D eigenvalue weighted by Crippen LogP contribution is 2.33. The van der Waals surface area contributed by atoms with Gasteiger partial charge in [0.2, 0.25) is 5.91 Å². The van der Waals surface area contributed by atoms with Gasteiger partial charge in [-0.15, -0.1) is 10.2 Å². The number of carbonyl (C=O) groups excluding carboxylic acids is 1. The molecule has 6 nitrogen and oxygen atoms in total. The van der Waals surface area contributed by atoms with Gasteiger partial charge in [0.25, 0.3) is 0 Å². The molecule has 31 heavy (non-hydrogen) atoms. The van der Waals surface area contributed by atoms with Crippen molar-refractivity contribution >= 4 is 5.91 Å². The van der Waals surface area contributed by atoms with E-state index in [1.165, 1.54) is 6.07 Å². The maximum Gasteiger partial charge on any atom is 0.225 e. The third-order valence-corrected chi connectivity index (χ3v) is 6.15. The first-order valence-corrected chi connectivity index (χ1v) is 10.6. The Morgan fingerprint density at radius 2 is 1.90 bits per heavy atom. The van der Waals surface area contributed by atoms with Crippen molar-refractivity contribution in [3.63, 3.8) is 0 Å². The lowest BCUT2D eigenvalue weighted by Crippen LogP contribution is -2.30. The molecule has 0 spiro atoms. The number of halogens is 1. The van der Waals surface area contributed by atoms with E-state index in [9.17, 15) is 4.79 Å². The van der Waals surface area contributed by atoms with Crippen LogP contribution in [0.15, 0.2) is 48.8 Å². The molecule has 5 rings (SSSR count). The molecule has 156 valence electrons. The average Bonchev–Trinajstić information content (AvgIpc) is 3.38. The lowest BCUT2D eigenvalue weighted by Gasteiger charge is -2.17. The largest absolute Gasteiger partial charge is 0.342 e. The van der Waals surface area contributed by atoms with Crippen molar-refractivity contribution in [3.8, 4) is 28.6 Å². The lowest BCUT2D eigenvalue weighted by atomic mass is 10.0. The number of benzene rings is 2. The normalized spacial score (nSPS) is 18.2. The molecule has 0 radical (unpaired) electrons. The summed E-state index contributed by atoms with van der Waals surface area (Å²) >= 11 is 0. The Hall–Kier alpha value is -3.53. The fraction of sp³-hybridized carbons (Fsp3) is 0.333. The molecule has 3 aromatic rings. The minimum absolute atomic E-state index is 0.243. The highest BCUT2D eigenvalue weighted by atomic mass is 19.1. The minimum Gasteiger partial charge on any atom is -0.342 e. The second kappa shape index (κ2) is 7.95. The van der Waals surface area contributed by atoms with E-state index in [1.807, 2.05) is 27.7 Å². The van der Waals surface area contributed by atoms with Crippen LogP contribution in [0.5, 0.6) is 0 Å². The number of rotatable bonds is 5. The number of hydrogen-bond acceptors (Lipinski definition) is 4. The molecule has 2 aliphatic rings. The van der Waals surface area contributed by atoms with E-state index in [2.05, 4.69) is 16.3 Å². The van der Waals surface area contributed by atoms with E-state index in [-0.39, 0.29) is 17.6 Å². The molecular weight excluding hydrogens is 393 g/mol. The van der Waals surface area contributed by atoms with Crippen LogP contribution in [0.25, 0.3) is 22.5 Å². The van der Waals surface area contributed by atoms with Gasteiger partial charge in [0.15, 0.2) is 5.82 Å². The number of aromatic nitrogens is 3. The average molecular weight is 415 g/mol. The molecule has 1 aliphatic carbocycles. The first kappa shape index (κ1) is 19.4. The van der Waals surface area contributed by atoms with Crippen molar-refractivity contribution in [1.29, 1.82) is 5.26 Å². The van der Waals surface area contributed by atoms with E-state index < -0.39 is 0 Å². The molecule has 0 N–H and O–H groups in total. The first-order valence-electron chi connectivity index (χ1n) is 10.6.